The number of ether oxygens (including phenoxy) is 1. The SMILES string of the molecule is CCn1nnc(C#N)c1COC. The summed E-state index contributed by atoms with van der Waals surface area (Å²) >= 11 is 0. The van der Waals surface area contributed by atoms with Gasteiger partial charge < -0.3 is 4.74 Å². The monoisotopic (exact) mass is 166 g/mol. The van der Waals surface area contributed by atoms with Crippen molar-refractivity contribution in [2.45, 2.75) is 20.1 Å². The summed E-state index contributed by atoms with van der Waals surface area (Å²) in [6.45, 7) is 3.02. The quantitative estimate of drug-likeness (QED) is 0.648. The van der Waals surface area contributed by atoms with Crippen LogP contribution in [0.2, 0.25) is 0 Å². The van der Waals surface area contributed by atoms with E-state index in [1.807, 2.05) is 13.0 Å². The van der Waals surface area contributed by atoms with E-state index in [0.717, 1.165) is 5.69 Å². The second-order valence-corrected chi connectivity index (χ2v) is 2.25. The first-order chi connectivity index (χ1) is 5.83. The molecule has 0 radical (unpaired) electrons. The molecule has 1 aromatic rings. The lowest BCUT2D eigenvalue weighted by molar-refractivity contribution is 0.176. The lowest BCUT2D eigenvalue weighted by Crippen LogP contribution is -2.04. The lowest BCUT2D eigenvalue weighted by Gasteiger charge is -2.00. The van der Waals surface area contributed by atoms with Crippen molar-refractivity contribution >= 4 is 0 Å². The van der Waals surface area contributed by atoms with Gasteiger partial charge in [-0.1, -0.05) is 5.21 Å². The van der Waals surface area contributed by atoms with Crippen molar-refractivity contribution in [3.63, 3.8) is 0 Å². The van der Waals surface area contributed by atoms with E-state index in [9.17, 15) is 0 Å². The molecule has 0 unspecified atom stereocenters. The molecule has 0 aromatic carbocycles. The summed E-state index contributed by atoms with van der Waals surface area (Å²) in [7, 11) is 1.58. The maximum atomic E-state index is 8.63. The highest BCUT2D eigenvalue weighted by atomic mass is 16.5. The van der Waals surface area contributed by atoms with Crippen LogP contribution in [-0.2, 0) is 17.9 Å². The predicted octanol–water partition coefficient (Wildman–Crippen LogP) is 0.316. The number of aryl methyl sites for hydroxylation is 1. The molecule has 0 N–H and O–H groups in total. The zero-order valence-corrected chi connectivity index (χ0v) is 7.11. The van der Waals surface area contributed by atoms with Gasteiger partial charge in [0.1, 0.15) is 11.8 Å². The standard InChI is InChI=1S/C7H10N4O/c1-3-11-7(5-12-2)6(4-8)9-10-11/h3,5H2,1-2H3. The van der Waals surface area contributed by atoms with Gasteiger partial charge in [-0.05, 0) is 6.92 Å². The molecular formula is C7H10N4O. The van der Waals surface area contributed by atoms with Crippen LogP contribution in [0.15, 0.2) is 0 Å². The molecular weight excluding hydrogens is 156 g/mol. The minimum absolute atomic E-state index is 0.346. The van der Waals surface area contributed by atoms with Crippen molar-refractivity contribution in [2.75, 3.05) is 7.11 Å². The third-order valence-electron chi connectivity index (χ3n) is 1.52. The Kier molecular flexibility index (Phi) is 2.77. The van der Waals surface area contributed by atoms with E-state index in [0.29, 0.717) is 18.8 Å². The first kappa shape index (κ1) is 8.68. The van der Waals surface area contributed by atoms with Gasteiger partial charge in [0.2, 0.25) is 0 Å². The Hall–Kier alpha value is -1.41. The Labute approximate surface area is 70.6 Å². The third kappa shape index (κ3) is 1.43. The van der Waals surface area contributed by atoms with Crippen LogP contribution in [0.25, 0.3) is 0 Å². The maximum absolute atomic E-state index is 8.63. The van der Waals surface area contributed by atoms with E-state index in [2.05, 4.69) is 10.3 Å². The van der Waals surface area contributed by atoms with E-state index in [1.54, 1.807) is 11.8 Å². The minimum Gasteiger partial charge on any atom is -0.378 e. The zero-order chi connectivity index (χ0) is 8.97. The molecule has 12 heavy (non-hydrogen) atoms. The summed E-state index contributed by atoms with van der Waals surface area (Å²) < 4.78 is 6.57. The highest BCUT2D eigenvalue weighted by molar-refractivity contribution is 5.23. The second kappa shape index (κ2) is 3.83. The van der Waals surface area contributed by atoms with E-state index in [4.69, 9.17) is 10.00 Å². The summed E-state index contributed by atoms with van der Waals surface area (Å²) in [6.07, 6.45) is 0. The molecule has 0 amide bonds. The van der Waals surface area contributed by atoms with Gasteiger partial charge in [0.05, 0.1) is 6.61 Å². The van der Waals surface area contributed by atoms with E-state index >= 15 is 0 Å². The van der Waals surface area contributed by atoms with Crippen molar-refractivity contribution in [1.29, 1.82) is 5.26 Å². The van der Waals surface area contributed by atoms with Crippen LogP contribution in [0.5, 0.6) is 0 Å². The molecule has 0 saturated carbocycles. The largest absolute Gasteiger partial charge is 0.378 e. The molecule has 1 heterocycles. The van der Waals surface area contributed by atoms with Crippen LogP contribution in [0.1, 0.15) is 18.3 Å². The fourth-order valence-electron chi connectivity index (χ4n) is 0.953. The van der Waals surface area contributed by atoms with E-state index in [-0.39, 0.29) is 0 Å². The molecule has 0 aliphatic rings. The number of nitrogens with zero attached hydrogens (tertiary/aromatic N) is 4. The summed E-state index contributed by atoms with van der Waals surface area (Å²) in [5.41, 5.74) is 1.08. The van der Waals surface area contributed by atoms with Gasteiger partial charge in [0.15, 0.2) is 5.69 Å². The van der Waals surface area contributed by atoms with Crippen LogP contribution in [0, 0.1) is 11.3 Å². The normalized spacial score (nSPS) is 9.75. The highest BCUT2D eigenvalue weighted by Crippen LogP contribution is 2.04. The van der Waals surface area contributed by atoms with Gasteiger partial charge in [-0.15, -0.1) is 5.10 Å². The van der Waals surface area contributed by atoms with Gasteiger partial charge in [-0.2, -0.15) is 5.26 Å². The van der Waals surface area contributed by atoms with Crippen LogP contribution in [-0.4, -0.2) is 22.1 Å². The Morgan fingerprint density at radius 1 is 1.67 bits per heavy atom. The Balaban J connectivity index is 3.01. The van der Waals surface area contributed by atoms with Gasteiger partial charge in [-0.3, -0.25) is 0 Å². The summed E-state index contributed by atoms with van der Waals surface area (Å²) in [5.74, 6) is 0. The first-order valence-electron chi connectivity index (χ1n) is 3.64. The number of aromatic nitrogens is 3. The van der Waals surface area contributed by atoms with Crippen molar-refractivity contribution < 1.29 is 4.74 Å². The van der Waals surface area contributed by atoms with Crippen molar-refractivity contribution in [1.82, 2.24) is 15.0 Å². The minimum atomic E-state index is 0.346. The first-order valence-corrected chi connectivity index (χ1v) is 3.64. The molecule has 1 rings (SSSR count). The van der Waals surface area contributed by atoms with Crippen LogP contribution < -0.4 is 0 Å². The molecule has 0 fully saturated rings. The number of hydrogen-bond donors (Lipinski definition) is 0. The van der Waals surface area contributed by atoms with Crippen molar-refractivity contribution in [3.8, 4) is 6.07 Å². The number of rotatable bonds is 3. The molecule has 5 heteroatoms. The van der Waals surface area contributed by atoms with Gasteiger partial charge in [0.25, 0.3) is 0 Å². The maximum Gasteiger partial charge on any atom is 0.188 e. The Morgan fingerprint density at radius 2 is 2.42 bits per heavy atom. The number of hydrogen-bond acceptors (Lipinski definition) is 4. The molecule has 0 spiro atoms. The fraction of sp³-hybridized carbons (Fsp3) is 0.571. The average Bonchev–Trinajstić information content (AvgIpc) is 2.48. The molecule has 1 aromatic heterocycles. The van der Waals surface area contributed by atoms with Crippen LogP contribution >= 0.6 is 0 Å². The molecule has 0 aliphatic carbocycles. The number of nitriles is 1. The predicted molar refractivity (Wildman–Crippen MR) is 41.1 cm³/mol. The third-order valence-corrected chi connectivity index (χ3v) is 1.52. The molecule has 5 nitrogen and oxygen atoms in total. The van der Waals surface area contributed by atoms with Crippen molar-refractivity contribution in [2.24, 2.45) is 0 Å². The lowest BCUT2D eigenvalue weighted by atomic mass is 10.3. The Bertz CT molecular complexity index is 299. The number of methoxy groups -OCH3 is 1. The smallest absolute Gasteiger partial charge is 0.188 e. The van der Waals surface area contributed by atoms with Gasteiger partial charge in [0, 0.05) is 13.7 Å². The summed E-state index contributed by atoms with van der Waals surface area (Å²) in [6, 6.07) is 1.96. The Morgan fingerprint density at radius 3 is 2.92 bits per heavy atom. The van der Waals surface area contributed by atoms with E-state index in [1.165, 1.54) is 0 Å². The van der Waals surface area contributed by atoms with Gasteiger partial charge in [-0.25, -0.2) is 4.68 Å². The highest BCUT2D eigenvalue weighted by Gasteiger charge is 2.09. The summed E-state index contributed by atoms with van der Waals surface area (Å²) in [5, 5.41) is 16.1. The van der Waals surface area contributed by atoms with Crippen molar-refractivity contribution in [3.05, 3.63) is 11.4 Å². The average molecular weight is 166 g/mol. The second-order valence-electron chi connectivity index (χ2n) is 2.25. The molecule has 0 atom stereocenters. The van der Waals surface area contributed by atoms with Crippen LogP contribution in [0.4, 0.5) is 0 Å². The topological polar surface area (TPSA) is 63.7 Å². The molecule has 64 valence electrons. The van der Waals surface area contributed by atoms with Gasteiger partial charge >= 0.3 is 0 Å². The molecule has 0 bridgehead atoms. The van der Waals surface area contributed by atoms with E-state index < -0.39 is 0 Å². The molecule has 0 aliphatic heterocycles. The zero-order valence-electron chi connectivity index (χ0n) is 7.11. The fourth-order valence-corrected chi connectivity index (χ4v) is 0.953. The summed E-state index contributed by atoms with van der Waals surface area (Å²) in [4.78, 5) is 0. The van der Waals surface area contributed by atoms with Crippen LogP contribution in [0.3, 0.4) is 0 Å². The molecule has 0 saturated heterocycles.